The van der Waals surface area contributed by atoms with Crippen molar-refractivity contribution in [2.75, 3.05) is 4.90 Å². The highest BCUT2D eigenvalue weighted by Gasteiger charge is 2.67. The molecule has 3 fully saturated rings. The lowest BCUT2D eigenvalue weighted by molar-refractivity contribution is -0.137. The Morgan fingerprint density at radius 2 is 1.56 bits per heavy atom. The molecule has 1 heterocycles. The summed E-state index contributed by atoms with van der Waals surface area (Å²) < 4.78 is 39.3. The lowest BCUT2D eigenvalue weighted by Gasteiger charge is -2.37. The van der Waals surface area contributed by atoms with Gasteiger partial charge in [0.1, 0.15) is 0 Å². The van der Waals surface area contributed by atoms with E-state index in [0.717, 1.165) is 23.5 Å². The minimum absolute atomic E-state index is 0.0378. The van der Waals surface area contributed by atoms with Gasteiger partial charge in [-0.3, -0.25) is 14.5 Å². The number of benzene rings is 1. The van der Waals surface area contributed by atoms with E-state index in [-0.39, 0.29) is 29.3 Å². The maximum atomic E-state index is 13.1. The number of hydrogen-bond donors (Lipinski definition) is 0. The summed E-state index contributed by atoms with van der Waals surface area (Å²) in [6.07, 6.45) is 0.443. The van der Waals surface area contributed by atoms with Crippen molar-refractivity contribution < 1.29 is 22.8 Å². The molecule has 0 spiro atoms. The molecule has 2 amide bonds. The van der Waals surface area contributed by atoms with Gasteiger partial charge in [-0.1, -0.05) is 23.8 Å². The molecule has 1 aliphatic heterocycles. The molecule has 1 aromatic carbocycles. The number of alkyl halides is 3. The number of imide groups is 1. The fourth-order valence-electron chi connectivity index (χ4n) is 5.08. The second kappa shape index (κ2) is 4.67. The lowest BCUT2D eigenvalue weighted by Crippen LogP contribution is -2.40. The second-order valence-electron chi connectivity index (χ2n) is 7.33. The van der Waals surface area contributed by atoms with E-state index in [9.17, 15) is 22.8 Å². The topological polar surface area (TPSA) is 37.4 Å². The van der Waals surface area contributed by atoms with E-state index in [1.54, 1.807) is 0 Å². The van der Waals surface area contributed by atoms with Crippen LogP contribution in [0, 0.1) is 35.5 Å². The predicted octanol–water partition coefficient (Wildman–Crippen LogP) is 3.92. The van der Waals surface area contributed by atoms with Crippen LogP contribution in [0.1, 0.15) is 12.0 Å². The largest absolute Gasteiger partial charge is 0.417 e. The molecule has 5 aliphatic rings. The van der Waals surface area contributed by atoms with E-state index in [2.05, 4.69) is 0 Å². The van der Waals surface area contributed by atoms with Crippen molar-refractivity contribution in [1.29, 1.82) is 0 Å². The van der Waals surface area contributed by atoms with Gasteiger partial charge in [0.25, 0.3) is 0 Å². The van der Waals surface area contributed by atoms with Crippen LogP contribution in [0.4, 0.5) is 18.9 Å². The van der Waals surface area contributed by atoms with Crippen molar-refractivity contribution in [2.24, 2.45) is 35.5 Å². The highest BCUT2D eigenvalue weighted by Crippen LogP contribution is 2.65. The molecule has 2 bridgehead atoms. The number of anilines is 1. The zero-order valence-corrected chi connectivity index (χ0v) is 13.6. The Kier molecular flexibility index (Phi) is 2.88. The minimum Gasteiger partial charge on any atom is -0.274 e. The lowest BCUT2D eigenvalue weighted by atomic mass is 9.63. The SMILES string of the molecule is O=C1[C@H]2[C@@H]3C=C[C@H]([C@@H]4C[C@H]34)[C@@H]2C(=O)N1c1ccc(Cl)c(C(F)(F)F)c1. The molecule has 7 heteroatoms. The third-order valence-corrected chi connectivity index (χ3v) is 6.51. The summed E-state index contributed by atoms with van der Waals surface area (Å²) in [7, 11) is 0. The smallest absolute Gasteiger partial charge is 0.274 e. The summed E-state index contributed by atoms with van der Waals surface area (Å²) in [6.45, 7) is 0. The summed E-state index contributed by atoms with van der Waals surface area (Å²) in [5, 5.41) is -0.448. The first-order valence-corrected chi connectivity index (χ1v) is 8.59. The Labute approximate surface area is 146 Å². The first kappa shape index (κ1) is 15.4. The van der Waals surface area contributed by atoms with Crippen molar-refractivity contribution in [3.63, 3.8) is 0 Å². The molecule has 6 rings (SSSR count). The molecule has 0 radical (unpaired) electrons. The molecule has 0 N–H and O–H groups in total. The van der Waals surface area contributed by atoms with Gasteiger partial charge in [0.05, 0.1) is 28.1 Å². The number of halogens is 4. The van der Waals surface area contributed by atoms with E-state index in [1.165, 1.54) is 6.07 Å². The van der Waals surface area contributed by atoms with Crippen LogP contribution in [-0.4, -0.2) is 11.8 Å². The van der Waals surface area contributed by atoms with Crippen molar-refractivity contribution in [1.82, 2.24) is 0 Å². The molecule has 130 valence electrons. The van der Waals surface area contributed by atoms with E-state index in [0.29, 0.717) is 11.8 Å². The quantitative estimate of drug-likeness (QED) is 0.557. The van der Waals surface area contributed by atoms with Gasteiger partial charge >= 0.3 is 6.18 Å². The van der Waals surface area contributed by atoms with Gasteiger partial charge in [-0.05, 0) is 48.3 Å². The second-order valence-corrected chi connectivity index (χ2v) is 7.74. The van der Waals surface area contributed by atoms with Gasteiger partial charge in [-0.25, -0.2) is 0 Å². The molecule has 25 heavy (non-hydrogen) atoms. The van der Waals surface area contributed by atoms with Crippen LogP contribution >= 0.6 is 11.6 Å². The molecule has 1 saturated heterocycles. The first-order valence-electron chi connectivity index (χ1n) is 8.22. The molecule has 6 atom stereocenters. The van der Waals surface area contributed by atoms with Gasteiger partial charge in [0, 0.05) is 0 Å². The number of hydrogen-bond acceptors (Lipinski definition) is 2. The van der Waals surface area contributed by atoms with Crippen LogP contribution in [0.25, 0.3) is 0 Å². The average Bonchev–Trinajstić information content (AvgIpc) is 3.32. The van der Waals surface area contributed by atoms with Crippen molar-refractivity contribution in [2.45, 2.75) is 12.6 Å². The molecule has 0 aromatic heterocycles. The Morgan fingerprint density at radius 1 is 1.00 bits per heavy atom. The zero-order valence-electron chi connectivity index (χ0n) is 12.8. The van der Waals surface area contributed by atoms with E-state index in [4.69, 9.17) is 11.6 Å². The van der Waals surface area contributed by atoms with Gasteiger partial charge in [0.15, 0.2) is 0 Å². The van der Waals surface area contributed by atoms with Gasteiger partial charge in [-0.2, -0.15) is 13.2 Å². The number of nitrogens with zero attached hydrogens (tertiary/aromatic N) is 1. The first-order chi connectivity index (χ1) is 11.8. The molecule has 1 aromatic rings. The molecular formula is C18H13ClF3NO2. The number of carbonyl (C=O) groups is 2. The molecule has 4 aliphatic carbocycles. The number of amides is 2. The van der Waals surface area contributed by atoms with Crippen LogP contribution in [0.5, 0.6) is 0 Å². The zero-order chi connectivity index (χ0) is 17.7. The third kappa shape index (κ3) is 1.94. The number of carbonyl (C=O) groups excluding carboxylic acids is 2. The monoisotopic (exact) mass is 367 g/mol. The summed E-state index contributed by atoms with van der Waals surface area (Å²) in [4.78, 5) is 26.8. The summed E-state index contributed by atoms with van der Waals surface area (Å²) in [6, 6.07) is 3.19. The van der Waals surface area contributed by atoms with Crippen LogP contribution in [0.2, 0.25) is 5.02 Å². The standard InChI is InChI=1S/C18H13ClF3NO2/c19-13-4-1-7(5-12(13)18(20,21)22)23-16(24)14-8-2-3-9(11-6-10(8)11)15(14)17(23)25/h1-5,8-11,14-15H,6H2/t8-,9-,10-,11+,14+,15+/m1/s1. The number of allylic oxidation sites excluding steroid dienone is 2. The molecular weight excluding hydrogens is 355 g/mol. The van der Waals surface area contributed by atoms with Gasteiger partial charge in [-0.15, -0.1) is 0 Å². The van der Waals surface area contributed by atoms with Crippen molar-refractivity contribution in [3.8, 4) is 0 Å². The molecule has 0 unspecified atom stereocenters. The Hall–Kier alpha value is -1.82. The van der Waals surface area contributed by atoms with Gasteiger partial charge < -0.3 is 0 Å². The van der Waals surface area contributed by atoms with Crippen LogP contribution < -0.4 is 4.90 Å². The normalized spacial score (nSPS) is 38.2. The van der Waals surface area contributed by atoms with Crippen LogP contribution in [0.15, 0.2) is 30.4 Å². The highest BCUT2D eigenvalue weighted by atomic mass is 35.5. The Morgan fingerprint density at radius 3 is 2.08 bits per heavy atom. The van der Waals surface area contributed by atoms with E-state index in [1.807, 2.05) is 12.2 Å². The van der Waals surface area contributed by atoms with E-state index >= 15 is 0 Å². The Balaban J connectivity index is 1.57. The maximum absolute atomic E-state index is 13.1. The average molecular weight is 368 g/mol. The summed E-state index contributed by atoms with van der Waals surface area (Å²) >= 11 is 5.65. The van der Waals surface area contributed by atoms with Gasteiger partial charge in [0.2, 0.25) is 11.8 Å². The van der Waals surface area contributed by atoms with Crippen molar-refractivity contribution in [3.05, 3.63) is 40.9 Å². The summed E-state index contributed by atoms with van der Waals surface area (Å²) in [5.74, 6) is -0.655. The highest BCUT2D eigenvalue weighted by molar-refractivity contribution is 6.31. The Bertz CT molecular complexity index is 813. The third-order valence-electron chi connectivity index (χ3n) is 6.18. The minimum atomic E-state index is -4.64. The van der Waals surface area contributed by atoms with Crippen molar-refractivity contribution >= 4 is 29.1 Å². The fourth-order valence-corrected chi connectivity index (χ4v) is 5.31. The number of rotatable bonds is 1. The summed E-state index contributed by atoms with van der Waals surface area (Å²) in [5.41, 5.74) is -1.08. The van der Waals surface area contributed by atoms with E-state index < -0.39 is 28.6 Å². The molecule has 2 saturated carbocycles. The van der Waals surface area contributed by atoms with Crippen LogP contribution in [0.3, 0.4) is 0 Å². The predicted molar refractivity (Wildman–Crippen MR) is 83.6 cm³/mol. The fraction of sp³-hybridized carbons (Fsp3) is 0.444. The molecule has 3 nitrogen and oxygen atoms in total. The van der Waals surface area contributed by atoms with Crippen LogP contribution in [-0.2, 0) is 15.8 Å². The maximum Gasteiger partial charge on any atom is 0.417 e.